The summed E-state index contributed by atoms with van der Waals surface area (Å²) in [5.74, 6) is 1.17. The molecule has 0 radical (unpaired) electrons. The summed E-state index contributed by atoms with van der Waals surface area (Å²) < 4.78 is 5.23. The first kappa shape index (κ1) is 15.8. The number of methoxy groups -OCH3 is 1. The fourth-order valence-electron chi connectivity index (χ4n) is 2.25. The van der Waals surface area contributed by atoms with Gasteiger partial charge in [0.05, 0.1) is 7.11 Å². The van der Waals surface area contributed by atoms with Crippen molar-refractivity contribution >= 4 is 17.8 Å². The van der Waals surface area contributed by atoms with Crippen LogP contribution < -0.4 is 10.1 Å². The molecule has 0 fully saturated rings. The van der Waals surface area contributed by atoms with Crippen LogP contribution in [0.1, 0.15) is 22.3 Å². The van der Waals surface area contributed by atoms with Crippen molar-refractivity contribution in [1.82, 2.24) is 4.98 Å². The van der Waals surface area contributed by atoms with E-state index in [0.29, 0.717) is 5.82 Å². The summed E-state index contributed by atoms with van der Waals surface area (Å²) in [5.41, 5.74) is 4.20. The molecule has 2 aromatic rings. The molecule has 0 spiro atoms. The van der Waals surface area contributed by atoms with Crippen LogP contribution in [0, 0.1) is 20.8 Å². The molecule has 2 rings (SSSR count). The number of anilines is 1. The van der Waals surface area contributed by atoms with Crippen LogP contribution in [0.25, 0.3) is 6.08 Å². The highest BCUT2D eigenvalue weighted by molar-refractivity contribution is 6.01. The first-order chi connectivity index (χ1) is 10.5. The lowest BCUT2D eigenvalue weighted by Crippen LogP contribution is -2.09. The number of ether oxygens (including phenoxy) is 1. The zero-order valence-electron chi connectivity index (χ0n) is 13.3. The third-order valence-corrected chi connectivity index (χ3v) is 3.37. The number of nitrogens with one attached hydrogen (secondary N) is 1. The molecule has 0 atom stereocenters. The van der Waals surface area contributed by atoms with E-state index >= 15 is 0 Å². The third kappa shape index (κ3) is 3.95. The maximum absolute atomic E-state index is 12.0. The van der Waals surface area contributed by atoms with E-state index in [0.717, 1.165) is 28.0 Å². The molecule has 0 bridgehead atoms. The number of nitrogens with zero attached hydrogens (tertiary/aromatic N) is 1. The van der Waals surface area contributed by atoms with E-state index < -0.39 is 0 Å². The lowest BCUT2D eigenvalue weighted by molar-refractivity contribution is -0.111. The highest BCUT2D eigenvalue weighted by Crippen LogP contribution is 2.22. The van der Waals surface area contributed by atoms with E-state index in [1.807, 2.05) is 51.1 Å². The normalized spacial score (nSPS) is 10.7. The minimum absolute atomic E-state index is 0.201. The predicted octanol–water partition coefficient (Wildman–Crippen LogP) is 3.67. The van der Waals surface area contributed by atoms with Crippen LogP contribution in [0.3, 0.4) is 0 Å². The summed E-state index contributed by atoms with van der Waals surface area (Å²) in [6.07, 6.45) is 5.01. The van der Waals surface area contributed by atoms with Crippen molar-refractivity contribution in [2.75, 3.05) is 12.4 Å². The summed E-state index contributed by atoms with van der Waals surface area (Å²) in [6, 6.07) is 7.62. The first-order valence-corrected chi connectivity index (χ1v) is 7.06. The fraction of sp³-hybridized carbons (Fsp3) is 0.222. The molecule has 22 heavy (non-hydrogen) atoms. The number of amides is 1. The molecular weight excluding hydrogens is 276 g/mol. The molecule has 4 heteroatoms. The monoisotopic (exact) mass is 296 g/mol. The molecule has 0 aliphatic rings. The van der Waals surface area contributed by atoms with Crippen molar-refractivity contribution in [1.29, 1.82) is 0 Å². The number of carbonyl (C=O) groups excluding carboxylic acids is 1. The molecular formula is C18H20N2O2. The molecule has 0 unspecified atom stereocenters. The Morgan fingerprint density at radius 2 is 1.86 bits per heavy atom. The Labute approximate surface area is 130 Å². The number of hydrogen-bond acceptors (Lipinski definition) is 3. The van der Waals surface area contributed by atoms with Gasteiger partial charge in [0.15, 0.2) is 0 Å². The molecule has 1 amide bonds. The van der Waals surface area contributed by atoms with Crippen LogP contribution in [0.2, 0.25) is 0 Å². The zero-order valence-corrected chi connectivity index (χ0v) is 13.3. The average molecular weight is 296 g/mol. The van der Waals surface area contributed by atoms with E-state index in [1.165, 1.54) is 6.08 Å². The second-order valence-corrected chi connectivity index (χ2v) is 5.22. The molecule has 1 heterocycles. The Kier molecular flexibility index (Phi) is 4.94. The number of aromatic nitrogens is 1. The van der Waals surface area contributed by atoms with E-state index in [4.69, 9.17) is 4.74 Å². The average Bonchev–Trinajstić information content (AvgIpc) is 2.46. The van der Waals surface area contributed by atoms with Crippen molar-refractivity contribution in [2.24, 2.45) is 0 Å². The summed E-state index contributed by atoms with van der Waals surface area (Å²) in [5, 5.41) is 2.75. The number of hydrogen-bond donors (Lipinski definition) is 1. The quantitative estimate of drug-likeness (QED) is 0.876. The van der Waals surface area contributed by atoms with Gasteiger partial charge in [-0.25, -0.2) is 4.98 Å². The third-order valence-electron chi connectivity index (χ3n) is 3.37. The lowest BCUT2D eigenvalue weighted by Gasteiger charge is -2.08. The van der Waals surface area contributed by atoms with Crippen LogP contribution in [-0.4, -0.2) is 18.0 Å². The Hall–Kier alpha value is -2.62. The minimum Gasteiger partial charge on any atom is -0.497 e. The van der Waals surface area contributed by atoms with Gasteiger partial charge in [0.25, 0.3) is 0 Å². The van der Waals surface area contributed by atoms with Gasteiger partial charge in [0.2, 0.25) is 5.91 Å². The van der Waals surface area contributed by atoms with Gasteiger partial charge in [-0.2, -0.15) is 0 Å². The largest absolute Gasteiger partial charge is 0.497 e. The SMILES string of the molecule is COc1cc(C)c(/C=C/C(=O)Nc2cc(C)ccn2)c(C)c1. The summed E-state index contributed by atoms with van der Waals surface area (Å²) in [7, 11) is 1.64. The van der Waals surface area contributed by atoms with Gasteiger partial charge >= 0.3 is 0 Å². The predicted molar refractivity (Wildman–Crippen MR) is 89.1 cm³/mol. The lowest BCUT2D eigenvalue weighted by atomic mass is 10.0. The number of aryl methyl sites for hydroxylation is 3. The number of carbonyl (C=O) groups is 1. The van der Waals surface area contributed by atoms with E-state index in [9.17, 15) is 4.79 Å². The standard InChI is InChI=1S/C18H20N2O2/c1-12-7-8-19-17(9-12)20-18(21)6-5-16-13(2)10-15(22-4)11-14(16)3/h5-11H,1-4H3,(H,19,20,21)/b6-5+. The van der Waals surface area contributed by atoms with Crippen LogP contribution in [0.4, 0.5) is 5.82 Å². The zero-order chi connectivity index (χ0) is 16.1. The second kappa shape index (κ2) is 6.89. The maximum atomic E-state index is 12.0. The molecule has 1 N–H and O–H groups in total. The van der Waals surface area contributed by atoms with E-state index in [1.54, 1.807) is 13.3 Å². The van der Waals surface area contributed by atoms with Gasteiger partial charge in [-0.15, -0.1) is 0 Å². The minimum atomic E-state index is -0.201. The van der Waals surface area contributed by atoms with Gasteiger partial charge in [-0.05, 0) is 73.4 Å². The Morgan fingerprint density at radius 3 is 2.45 bits per heavy atom. The van der Waals surface area contributed by atoms with Crippen LogP contribution in [0.15, 0.2) is 36.5 Å². The van der Waals surface area contributed by atoms with E-state index in [2.05, 4.69) is 10.3 Å². The summed E-state index contributed by atoms with van der Waals surface area (Å²) in [4.78, 5) is 16.1. The van der Waals surface area contributed by atoms with Crippen molar-refractivity contribution in [3.8, 4) is 5.75 Å². The smallest absolute Gasteiger partial charge is 0.249 e. The van der Waals surface area contributed by atoms with Crippen molar-refractivity contribution in [3.05, 3.63) is 58.8 Å². The van der Waals surface area contributed by atoms with Crippen molar-refractivity contribution in [3.63, 3.8) is 0 Å². The molecule has 114 valence electrons. The Bertz CT molecular complexity index is 698. The van der Waals surface area contributed by atoms with Crippen LogP contribution in [0.5, 0.6) is 5.75 Å². The molecule has 0 saturated heterocycles. The molecule has 0 saturated carbocycles. The summed E-state index contributed by atoms with van der Waals surface area (Å²) >= 11 is 0. The van der Waals surface area contributed by atoms with Gasteiger partial charge in [0, 0.05) is 12.3 Å². The maximum Gasteiger partial charge on any atom is 0.249 e. The van der Waals surface area contributed by atoms with Gasteiger partial charge in [-0.3, -0.25) is 4.79 Å². The van der Waals surface area contributed by atoms with Gasteiger partial charge in [-0.1, -0.05) is 0 Å². The Morgan fingerprint density at radius 1 is 1.18 bits per heavy atom. The van der Waals surface area contributed by atoms with Crippen LogP contribution in [-0.2, 0) is 4.79 Å². The van der Waals surface area contributed by atoms with Gasteiger partial charge in [0.1, 0.15) is 11.6 Å². The number of pyridine rings is 1. The summed E-state index contributed by atoms with van der Waals surface area (Å²) in [6.45, 7) is 5.95. The molecule has 4 nitrogen and oxygen atoms in total. The topological polar surface area (TPSA) is 51.2 Å². The molecule has 0 aliphatic carbocycles. The molecule has 1 aromatic carbocycles. The van der Waals surface area contributed by atoms with Crippen molar-refractivity contribution in [2.45, 2.75) is 20.8 Å². The fourth-order valence-corrected chi connectivity index (χ4v) is 2.25. The molecule has 0 aliphatic heterocycles. The highest BCUT2D eigenvalue weighted by Gasteiger charge is 2.04. The second-order valence-electron chi connectivity index (χ2n) is 5.22. The van der Waals surface area contributed by atoms with Crippen LogP contribution >= 0.6 is 0 Å². The number of benzene rings is 1. The Balaban J connectivity index is 2.13. The van der Waals surface area contributed by atoms with Crippen molar-refractivity contribution < 1.29 is 9.53 Å². The molecule has 1 aromatic heterocycles. The highest BCUT2D eigenvalue weighted by atomic mass is 16.5. The first-order valence-electron chi connectivity index (χ1n) is 7.06. The number of rotatable bonds is 4. The van der Waals surface area contributed by atoms with E-state index in [-0.39, 0.29) is 5.91 Å². The van der Waals surface area contributed by atoms with Gasteiger partial charge < -0.3 is 10.1 Å².